The Morgan fingerprint density at radius 1 is 1.00 bits per heavy atom. The van der Waals surface area contributed by atoms with Crippen molar-refractivity contribution >= 4 is 17.3 Å². The molecule has 0 atom stereocenters. The minimum absolute atomic E-state index is 0.106. The van der Waals surface area contributed by atoms with Crippen LogP contribution in [-0.2, 0) is 9.53 Å². The molecule has 0 aliphatic rings. The highest BCUT2D eigenvalue weighted by molar-refractivity contribution is 5.93. The SMILES string of the molecule is COCCOc1ccc(NC(=O)CNc2cccc(OC(C)C)c2)cc1. The predicted molar refractivity (Wildman–Crippen MR) is 103 cm³/mol. The maximum Gasteiger partial charge on any atom is 0.243 e. The third-order valence-corrected chi connectivity index (χ3v) is 3.35. The van der Waals surface area contributed by atoms with Crippen molar-refractivity contribution in [1.82, 2.24) is 0 Å². The standard InChI is InChI=1S/C20H26N2O4/c1-15(2)26-19-6-4-5-17(13-19)21-14-20(23)22-16-7-9-18(10-8-16)25-12-11-24-3/h4-10,13,15,21H,11-12,14H2,1-3H3,(H,22,23). The summed E-state index contributed by atoms with van der Waals surface area (Å²) >= 11 is 0. The predicted octanol–water partition coefficient (Wildman–Crippen LogP) is 3.55. The van der Waals surface area contributed by atoms with Gasteiger partial charge in [-0.3, -0.25) is 4.79 Å². The van der Waals surface area contributed by atoms with Gasteiger partial charge in [-0.05, 0) is 50.2 Å². The number of rotatable bonds is 10. The number of amides is 1. The highest BCUT2D eigenvalue weighted by Crippen LogP contribution is 2.19. The zero-order valence-electron chi connectivity index (χ0n) is 15.5. The van der Waals surface area contributed by atoms with Crippen molar-refractivity contribution in [3.63, 3.8) is 0 Å². The van der Waals surface area contributed by atoms with Crippen LogP contribution in [0.15, 0.2) is 48.5 Å². The average molecular weight is 358 g/mol. The number of methoxy groups -OCH3 is 1. The first kappa shape index (κ1) is 19.6. The van der Waals surface area contributed by atoms with Crippen LogP contribution in [-0.4, -0.2) is 38.9 Å². The summed E-state index contributed by atoms with van der Waals surface area (Å²) < 4.78 is 16.1. The lowest BCUT2D eigenvalue weighted by molar-refractivity contribution is -0.114. The van der Waals surface area contributed by atoms with Gasteiger partial charge in [-0.15, -0.1) is 0 Å². The van der Waals surface area contributed by atoms with E-state index in [2.05, 4.69) is 10.6 Å². The van der Waals surface area contributed by atoms with Gasteiger partial charge in [0, 0.05) is 24.6 Å². The van der Waals surface area contributed by atoms with Crippen LogP contribution < -0.4 is 20.1 Å². The van der Waals surface area contributed by atoms with E-state index in [-0.39, 0.29) is 18.6 Å². The van der Waals surface area contributed by atoms with Gasteiger partial charge >= 0.3 is 0 Å². The normalized spacial score (nSPS) is 10.5. The van der Waals surface area contributed by atoms with Gasteiger partial charge in [0.2, 0.25) is 5.91 Å². The molecule has 0 aromatic heterocycles. The lowest BCUT2D eigenvalue weighted by Crippen LogP contribution is -2.21. The van der Waals surface area contributed by atoms with E-state index in [4.69, 9.17) is 14.2 Å². The summed E-state index contributed by atoms with van der Waals surface area (Å²) in [7, 11) is 1.63. The molecule has 0 saturated heterocycles. The monoisotopic (exact) mass is 358 g/mol. The van der Waals surface area contributed by atoms with Crippen molar-refractivity contribution in [3.8, 4) is 11.5 Å². The second-order valence-corrected chi connectivity index (χ2v) is 5.96. The van der Waals surface area contributed by atoms with E-state index in [0.717, 1.165) is 17.2 Å². The van der Waals surface area contributed by atoms with Crippen LogP contribution in [0.2, 0.25) is 0 Å². The van der Waals surface area contributed by atoms with Gasteiger partial charge in [0.15, 0.2) is 0 Å². The van der Waals surface area contributed by atoms with Gasteiger partial charge in [0.25, 0.3) is 0 Å². The molecule has 2 rings (SSSR count). The summed E-state index contributed by atoms with van der Waals surface area (Å²) in [4.78, 5) is 12.1. The number of hydrogen-bond acceptors (Lipinski definition) is 5. The quantitative estimate of drug-likeness (QED) is 0.636. The summed E-state index contributed by atoms with van der Waals surface area (Å²) in [5, 5.41) is 5.93. The Kier molecular flexibility index (Phi) is 7.76. The Hall–Kier alpha value is -2.73. The fourth-order valence-corrected chi connectivity index (χ4v) is 2.22. The largest absolute Gasteiger partial charge is 0.491 e. The van der Waals surface area contributed by atoms with E-state index >= 15 is 0 Å². The molecule has 26 heavy (non-hydrogen) atoms. The van der Waals surface area contributed by atoms with Crippen LogP contribution in [0.1, 0.15) is 13.8 Å². The fourth-order valence-electron chi connectivity index (χ4n) is 2.22. The Morgan fingerprint density at radius 2 is 1.77 bits per heavy atom. The molecular formula is C20H26N2O4. The maximum atomic E-state index is 12.1. The van der Waals surface area contributed by atoms with Gasteiger partial charge in [-0.2, -0.15) is 0 Å². The molecule has 0 saturated carbocycles. The smallest absolute Gasteiger partial charge is 0.243 e. The third kappa shape index (κ3) is 7.03. The fraction of sp³-hybridized carbons (Fsp3) is 0.350. The summed E-state index contributed by atoms with van der Waals surface area (Å²) in [5.41, 5.74) is 1.55. The molecule has 0 spiro atoms. The molecule has 0 aliphatic carbocycles. The van der Waals surface area contributed by atoms with Gasteiger partial charge in [0.1, 0.15) is 18.1 Å². The number of anilines is 2. The molecule has 2 aromatic rings. The van der Waals surface area contributed by atoms with Crippen LogP contribution in [0.5, 0.6) is 11.5 Å². The van der Waals surface area contributed by atoms with Crippen LogP contribution in [0.25, 0.3) is 0 Å². The maximum absolute atomic E-state index is 12.1. The number of benzene rings is 2. The van der Waals surface area contributed by atoms with Crippen LogP contribution >= 0.6 is 0 Å². The molecule has 0 unspecified atom stereocenters. The van der Waals surface area contributed by atoms with Gasteiger partial charge in [0.05, 0.1) is 19.3 Å². The molecule has 0 fully saturated rings. The van der Waals surface area contributed by atoms with Crippen LogP contribution in [0.3, 0.4) is 0 Å². The van der Waals surface area contributed by atoms with E-state index in [1.807, 2.05) is 50.2 Å². The first-order valence-electron chi connectivity index (χ1n) is 8.59. The molecule has 140 valence electrons. The Balaban J connectivity index is 1.79. The molecule has 1 amide bonds. The lowest BCUT2D eigenvalue weighted by Gasteiger charge is -2.12. The van der Waals surface area contributed by atoms with Crippen molar-refractivity contribution in [2.45, 2.75) is 20.0 Å². The summed E-state index contributed by atoms with van der Waals surface area (Å²) in [6, 6.07) is 14.8. The summed E-state index contributed by atoms with van der Waals surface area (Å²) in [5.74, 6) is 1.38. The molecule has 0 heterocycles. The van der Waals surface area contributed by atoms with Gasteiger partial charge in [-0.25, -0.2) is 0 Å². The minimum atomic E-state index is -0.131. The second-order valence-electron chi connectivity index (χ2n) is 5.96. The van der Waals surface area contributed by atoms with E-state index in [9.17, 15) is 4.79 Å². The highest BCUT2D eigenvalue weighted by Gasteiger charge is 2.04. The summed E-state index contributed by atoms with van der Waals surface area (Å²) in [6.45, 7) is 5.14. The number of nitrogens with one attached hydrogen (secondary N) is 2. The molecule has 2 N–H and O–H groups in total. The number of carbonyl (C=O) groups excluding carboxylic acids is 1. The molecular weight excluding hydrogens is 332 g/mol. The zero-order chi connectivity index (χ0) is 18.8. The van der Waals surface area contributed by atoms with E-state index in [1.54, 1.807) is 19.2 Å². The highest BCUT2D eigenvalue weighted by atomic mass is 16.5. The second kappa shape index (κ2) is 10.3. The Labute approximate surface area is 154 Å². The van der Waals surface area contributed by atoms with E-state index < -0.39 is 0 Å². The zero-order valence-corrected chi connectivity index (χ0v) is 15.5. The molecule has 2 aromatic carbocycles. The molecule has 6 nitrogen and oxygen atoms in total. The topological polar surface area (TPSA) is 68.8 Å². The van der Waals surface area contributed by atoms with Gasteiger partial charge < -0.3 is 24.8 Å². The van der Waals surface area contributed by atoms with Crippen molar-refractivity contribution in [1.29, 1.82) is 0 Å². The van der Waals surface area contributed by atoms with E-state index in [0.29, 0.717) is 18.9 Å². The Bertz CT molecular complexity index is 686. The summed E-state index contributed by atoms with van der Waals surface area (Å²) in [6.07, 6.45) is 0.106. The number of hydrogen-bond donors (Lipinski definition) is 2. The molecule has 0 bridgehead atoms. The van der Waals surface area contributed by atoms with Crippen LogP contribution in [0.4, 0.5) is 11.4 Å². The van der Waals surface area contributed by atoms with Crippen molar-refractivity contribution < 1.29 is 19.0 Å². The number of carbonyl (C=O) groups is 1. The Morgan fingerprint density at radius 3 is 2.46 bits per heavy atom. The van der Waals surface area contributed by atoms with Crippen molar-refractivity contribution in [2.75, 3.05) is 37.5 Å². The lowest BCUT2D eigenvalue weighted by atomic mass is 10.3. The van der Waals surface area contributed by atoms with Crippen molar-refractivity contribution in [2.24, 2.45) is 0 Å². The first-order valence-corrected chi connectivity index (χ1v) is 8.59. The van der Waals surface area contributed by atoms with Gasteiger partial charge in [-0.1, -0.05) is 6.07 Å². The molecule has 6 heteroatoms. The average Bonchev–Trinajstić information content (AvgIpc) is 2.61. The molecule has 0 aliphatic heterocycles. The van der Waals surface area contributed by atoms with Crippen molar-refractivity contribution in [3.05, 3.63) is 48.5 Å². The van der Waals surface area contributed by atoms with E-state index in [1.165, 1.54) is 0 Å². The third-order valence-electron chi connectivity index (χ3n) is 3.35. The molecule has 0 radical (unpaired) electrons. The van der Waals surface area contributed by atoms with Crippen LogP contribution in [0, 0.1) is 0 Å². The number of ether oxygens (including phenoxy) is 3. The minimum Gasteiger partial charge on any atom is -0.491 e. The first-order chi connectivity index (χ1) is 12.6.